The van der Waals surface area contributed by atoms with Gasteiger partial charge >= 0.3 is 0 Å². The van der Waals surface area contributed by atoms with Gasteiger partial charge in [-0.05, 0) is 25.5 Å². The van der Waals surface area contributed by atoms with E-state index in [0.717, 1.165) is 13.0 Å². The number of nitrogens with zero attached hydrogens (tertiary/aromatic N) is 1. The lowest BCUT2D eigenvalue weighted by atomic mass is 9.96. The first-order valence-corrected chi connectivity index (χ1v) is 8.84. The molecule has 0 aliphatic carbocycles. The van der Waals surface area contributed by atoms with Crippen LogP contribution in [0.2, 0.25) is 0 Å². The zero-order valence-electron chi connectivity index (χ0n) is 12.7. The van der Waals surface area contributed by atoms with E-state index < -0.39 is 10.0 Å². The highest BCUT2D eigenvalue weighted by Crippen LogP contribution is 2.22. The van der Waals surface area contributed by atoms with E-state index in [2.05, 4.69) is 23.5 Å². The fraction of sp³-hybridized carbons (Fsp3) is 0.600. The monoisotopic (exact) mass is 312 g/mol. The van der Waals surface area contributed by atoms with Gasteiger partial charge in [-0.15, -0.1) is 0 Å². The van der Waals surface area contributed by atoms with Crippen molar-refractivity contribution in [3.63, 3.8) is 0 Å². The van der Waals surface area contributed by atoms with Gasteiger partial charge in [0.05, 0.1) is 18.1 Å². The van der Waals surface area contributed by atoms with Gasteiger partial charge in [0.15, 0.2) is 0 Å². The molecule has 2 rings (SSSR count). The molecule has 1 unspecified atom stereocenters. The van der Waals surface area contributed by atoms with Crippen molar-refractivity contribution in [3.05, 3.63) is 30.3 Å². The normalized spacial score (nSPS) is 24.1. The summed E-state index contributed by atoms with van der Waals surface area (Å²) < 4.78 is 32.5. The summed E-state index contributed by atoms with van der Waals surface area (Å²) in [6.07, 6.45) is 0.985. The molecule has 5 nitrogen and oxygen atoms in total. The van der Waals surface area contributed by atoms with Crippen LogP contribution in [0.1, 0.15) is 20.3 Å². The number of benzene rings is 1. The van der Waals surface area contributed by atoms with Crippen LogP contribution in [0, 0.1) is 0 Å². The lowest BCUT2D eigenvalue weighted by Gasteiger charge is -2.44. The molecule has 0 amide bonds. The largest absolute Gasteiger partial charge is 0.378 e. The average Bonchev–Trinajstić information content (AvgIpc) is 2.50. The molecule has 0 spiro atoms. The highest BCUT2D eigenvalue weighted by atomic mass is 32.2. The van der Waals surface area contributed by atoms with Gasteiger partial charge in [-0.3, -0.25) is 4.90 Å². The Hall–Kier alpha value is -0.950. The fourth-order valence-electron chi connectivity index (χ4n) is 2.53. The van der Waals surface area contributed by atoms with E-state index in [0.29, 0.717) is 31.2 Å². The standard InChI is InChI=1S/C15H24N2O3S/c1-3-15(2)13-20-12-11-17(15)10-9-16-21(18,19)14-7-5-4-6-8-14/h4-8,16H,3,9-13H2,1-2H3. The lowest BCUT2D eigenvalue weighted by Crippen LogP contribution is -2.56. The van der Waals surface area contributed by atoms with Gasteiger partial charge in [0.25, 0.3) is 0 Å². The SMILES string of the molecule is CCC1(C)COCCN1CCNS(=O)(=O)c1ccccc1. The first-order chi connectivity index (χ1) is 9.98. The van der Waals surface area contributed by atoms with Crippen molar-refractivity contribution < 1.29 is 13.2 Å². The summed E-state index contributed by atoms with van der Waals surface area (Å²) in [4.78, 5) is 2.62. The zero-order valence-corrected chi connectivity index (χ0v) is 13.5. The van der Waals surface area contributed by atoms with Gasteiger partial charge in [0.1, 0.15) is 0 Å². The quantitative estimate of drug-likeness (QED) is 0.864. The van der Waals surface area contributed by atoms with E-state index in [1.165, 1.54) is 0 Å². The summed E-state index contributed by atoms with van der Waals surface area (Å²) in [5.74, 6) is 0. The molecule has 0 aromatic heterocycles. The Morgan fingerprint density at radius 3 is 2.71 bits per heavy atom. The third-order valence-corrected chi connectivity index (χ3v) is 5.65. The molecule has 21 heavy (non-hydrogen) atoms. The average molecular weight is 312 g/mol. The van der Waals surface area contributed by atoms with Crippen LogP contribution in [0.25, 0.3) is 0 Å². The second kappa shape index (κ2) is 6.87. The maximum atomic E-state index is 12.2. The van der Waals surface area contributed by atoms with Crippen LogP contribution >= 0.6 is 0 Å². The number of morpholine rings is 1. The molecular formula is C15H24N2O3S. The number of nitrogens with one attached hydrogen (secondary N) is 1. The van der Waals surface area contributed by atoms with Crippen molar-refractivity contribution in [2.24, 2.45) is 0 Å². The van der Waals surface area contributed by atoms with Gasteiger partial charge in [-0.1, -0.05) is 25.1 Å². The number of hydrogen-bond donors (Lipinski definition) is 1. The van der Waals surface area contributed by atoms with Gasteiger partial charge in [-0.2, -0.15) is 0 Å². The van der Waals surface area contributed by atoms with Crippen LogP contribution in [0.15, 0.2) is 35.2 Å². The molecule has 1 aliphatic heterocycles. The Labute approximate surface area is 127 Å². The minimum Gasteiger partial charge on any atom is -0.378 e. The first-order valence-electron chi connectivity index (χ1n) is 7.35. The van der Waals surface area contributed by atoms with E-state index in [-0.39, 0.29) is 5.54 Å². The summed E-state index contributed by atoms with van der Waals surface area (Å²) in [5.41, 5.74) is -0.00353. The lowest BCUT2D eigenvalue weighted by molar-refractivity contribution is -0.0604. The molecule has 1 fully saturated rings. The molecule has 1 aromatic carbocycles. The molecule has 0 radical (unpaired) electrons. The molecule has 1 atom stereocenters. The molecule has 1 N–H and O–H groups in total. The van der Waals surface area contributed by atoms with Gasteiger partial charge in [0, 0.05) is 25.2 Å². The van der Waals surface area contributed by atoms with Crippen molar-refractivity contribution in [1.82, 2.24) is 9.62 Å². The van der Waals surface area contributed by atoms with Crippen molar-refractivity contribution in [2.75, 3.05) is 32.8 Å². The fourth-order valence-corrected chi connectivity index (χ4v) is 3.58. The molecule has 0 bridgehead atoms. The number of rotatable bonds is 6. The van der Waals surface area contributed by atoms with E-state index in [9.17, 15) is 8.42 Å². The van der Waals surface area contributed by atoms with E-state index in [1.807, 2.05) is 0 Å². The Morgan fingerprint density at radius 1 is 1.33 bits per heavy atom. The van der Waals surface area contributed by atoms with Gasteiger partial charge < -0.3 is 4.74 Å². The summed E-state index contributed by atoms with van der Waals surface area (Å²) in [7, 11) is -3.41. The summed E-state index contributed by atoms with van der Waals surface area (Å²) in [5, 5.41) is 0. The predicted molar refractivity (Wildman–Crippen MR) is 82.7 cm³/mol. The zero-order chi connectivity index (χ0) is 15.3. The van der Waals surface area contributed by atoms with Crippen molar-refractivity contribution in [2.45, 2.75) is 30.7 Å². The first kappa shape index (κ1) is 16.4. The highest BCUT2D eigenvalue weighted by Gasteiger charge is 2.33. The summed E-state index contributed by atoms with van der Waals surface area (Å²) >= 11 is 0. The molecule has 118 valence electrons. The minimum atomic E-state index is -3.41. The molecule has 1 aliphatic rings. The number of sulfonamides is 1. The van der Waals surface area contributed by atoms with Crippen LogP contribution < -0.4 is 4.72 Å². The number of ether oxygens (including phenoxy) is 1. The smallest absolute Gasteiger partial charge is 0.240 e. The van der Waals surface area contributed by atoms with Gasteiger partial charge in [0.2, 0.25) is 10.0 Å². The molecule has 0 saturated carbocycles. The van der Waals surface area contributed by atoms with Crippen molar-refractivity contribution in [1.29, 1.82) is 0 Å². The highest BCUT2D eigenvalue weighted by molar-refractivity contribution is 7.89. The number of hydrogen-bond acceptors (Lipinski definition) is 4. The summed E-state index contributed by atoms with van der Waals surface area (Å²) in [6, 6.07) is 8.47. The molecule has 1 saturated heterocycles. The topological polar surface area (TPSA) is 58.6 Å². The van der Waals surface area contributed by atoms with Crippen LogP contribution in [0.3, 0.4) is 0 Å². The summed E-state index contributed by atoms with van der Waals surface area (Å²) in [6.45, 7) is 7.66. The third-order valence-electron chi connectivity index (χ3n) is 4.17. The Morgan fingerprint density at radius 2 is 2.05 bits per heavy atom. The molecule has 6 heteroatoms. The Kier molecular flexibility index (Phi) is 5.37. The second-order valence-corrected chi connectivity index (χ2v) is 7.37. The maximum Gasteiger partial charge on any atom is 0.240 e. The molecule has 1 aromatic rings. The predicted octanol–water partition coefficient (Wildman–Crippen LogP) is 1.47. The van der Waals surface area contributed by atoms with E-state index >= 15 is 0 Å². The van der Waals surface area contributed by atoms with Gasteiger partial charge in [-0.25, -0.2) is 13.1 Å². The minimum absolute atomic E-state index is 0.00353. The van der Waals surface area contributed by atoms with Crippen LogP contribution in [0.4, 0.5) is 0 Å². The Balaban J connectivity index is 1.92. The van der Waals surface area contributed by atoms with Crippen LogP contribution in [-0.4, -0.2) is 51.7 Å². The van der Waals surface area contributed by atoms with Crippen molar-refractivity contribution in [3.8, 4) is 0 Å². The van der Waals surface area contributed by atoms with Crippen LogP contribution in [0.5, 0.6) is 0 Å². The van der Waals surface area contributed by atoms with Crippen molar-refractivity contribution >= 4 is 10.0 Å². The Bertz CT molecular complexity index is 547. The second-order valence-electron chi connectivity index (χ2n) is 5.60. The van der Waals surface area contributed by atoms with E-state index in [1.54, 1.807) is 30.3 Å². The van der Waals surface area contributed by atoms with Crippen LogP contribution in [-0.2, 0) is 14.8 Å². The third kappa shape index (κ3) is 4.03. The molecule has 1 heterocycles. The molecular weight excluding hydrogens is 288 g/mol. The maximum absolute atomic E-state index is 12.2. The van der Waals surface area contributed by atoms with E-state index in [4.69, 9.17) is 4.74 Å².